The maximum absolute atomic E-state index is 5.49. The highest BCUT2D eigenvalue weighted by Gasteiger charge is 2.14. The number of nitrogens with two attached hydrogens (primary N) is 1. The summed E-state index contributed by atoms with van der Waals surface area (Å²) in [6.45, 7) is 1.16. The van der Waals surface area contributed by atoms with E-state index in [4.69, 9.17) is 14.9 Å². The molecule has 82 valence electrons. The fourth-order valence-corrected chi connectivity index (χ4v) is 1.85. The van der Waals surface area contributed by atoms with Crippen LogP contribution in [0.4, 0.5) is 0 Å². The second-order valence-electron chi connectivity index (χ2n) is 3.77. The van der Waals surface area contributed by atoms with Gasteiger partial charge in [0.15, 0.2) is 0 Å². The Hall–Kier alpha value is -1.81. The van der Waals surface area contributed by atoms with Crippen molar-refractivity contribution in [3.8, 4) is 17.2 Å². The van der Waals surface area contributed by atoms with E-state index in [2.05, 4.69) is 11.1 Å². The molecule has 0 spiro atoms. The van der Waals surface area contributed by atoms with Crippen LogP contribution in [0.3, 0.4) is 0 Å². The first kappa shape index (κ1) is 9.42. The Morgan fingerprint density at radius 2 is 2.31 bits per heavy atom. The number of hydrogen-bond donors (Lipinski definition) is 1. The van der Waals surface area contributed by atoms with Gasteiger partial charge in [0.1, 0.15) is 12.0 Å². The standard InChI is InChI=1S/C12H12N2O2/c13-6-10-7-16-12(14-10)9-1-2-11-8(5-9)3-4-15-11/h1-2,5,7H,3-4,6,13H2. The van der Waals surface area contributed by atoms with Gasteiger partial charge in [-0.15, -0.1) is 0 Å². The molecule has 1 aliphatic rings. The zero-order valence-electron chi connectivity index (χ0n) is 8.77. The fourth-order valence-electron chi connectivity index (χ4n) is 1.85. The van der Waals surface area contributed by atoms with Gasteiger partial charge >= 0.3 is 0 Å². The van der Waals surface area contributed by atoms with Crippen molar-refractivity contribution < 1.29 is 9.15 Å². The largest absolute Gasteiger partial charge is 0.493 e. The van der Waals surface area contributed by atoms with Crippen molar-refractivity contribution in [3.05, 3.63) is 35.7 Å². The van der Waals surface area contributed by atoms with Crippen molar-refractivity contribution in [1.29, 1.82) is 0 Å². The minimum Gasteiger partial charge on any atom is -0.493 e. The Balaban J connectivity index is 2.00. The van der Waals surface area contributed by atoms with Crippen molar-refractivity contribution in [2.45, 2.75) is 13.0 Å². The van der Waals surface area contributed by atoms with E-state index in [-0.39, 0.29) is 0 Å². The summed E-state index contributed by atoms with van der Waals surface area (Å²) in [7, 11) is 0. The van der Waals surface area contributed by atoms with Gasteiger partial charge in [-0.1, -0.05) is 0 Å². The van der Waals surface area contributed by atoms with E-state index in [0.29, 0.717) is 12.4 Å². The first-order chi connectivity index (χ1) is 7.86. The molecule has 0 saturated carbocycles. The SMILES string of the molecule is NCc1coc(-c2ccc3c(c2)CCO3)n1. The number of benzene rings is 1. The van der Waals surface area contributed by atoms with Crippen LogP contribution in [-0.4, -0.2) is 11.6 Å². The second-order valence-corrected chi connectivity index (χ2v) is 3.77. The molecule has 4 nitrogen and oxygen atoms in total. The fraction of sp³-hybridized carbons (Fsp3) is 0.250. The third kappa shape index (κ3) is 1.47. The molecule has 0 bridgehead atoms. The number of oxazole rings is 1. The monoisotopic (exact) mass is 216 g/mol. The van der Waals surface area contributed by atoms with Gasteiger partial charge in [-0.25, -0.2) is 4.98 Å². The van der Waals surface area contributed by atoms with E-state index in [1.165, 1.54) is 5.56 Å². The van der Waals surface area contributed by atoms with Crippen LogP contribution in [0.5, 0.6) is 5.75 Å². The molecule has 0 saturated heterocycles. The zero-order valence-corrected chi connectivity index (χ0v) is 8.77. The van der Waals surface area contributed by atoms with Gasteiger partial charge < -0.3 is 14.9 Å². The lowest BCUT2D eigenvalue weighted by Crippen LogP contribution is -1.95. The highest BCUT2D eigenvalue weighted by atomic mass is 16.5. The minimum atomic E-state index is 0.400. The third-order valence-electron chi connectivity index (χ3n) is 2.70. The lowest BCUT2D eigenvalue weighted by atomic mass is 10.1. The van der Waals surface area contributed by atoms with E-state index in [9.17, 15) is 0 Å². The summed E-state index contributed by atoms with van der Waals surface area (Å²) in [6, 6.07) is 5.98. The second kappa shape index (κ2) is 3.64. The molecular formula is C12H12N2O2. The van der Waals surface area contributed by atoms with Crippen LogP contribution in [0.25, 0.3) is 11.5 Å². The van der Waals surface area contributed by atoms with E-state index < -0.39 is 0 Å². The Morgan fingerprint density at radius 3 is 3.12 bits per heavy atom. The normalized spacial score (nSPS) is 13.6. The summed E-state index contributed by atoms with van der Waals surface area (Å²) in [6.07, 6.45) is 2.55. The van der Waals surface area contributed by atoms with Crippen LogP contribution < -0.4 is 10.5 Å². The molecule has 0 fully saturated rings. The van der Waals surface area contributed by atoms with E-state index in [1.54, 1.807) is 6.26 Å². The molecule has 16 heavy (non-hydrogen) atoms. The summed E-state index contributed by atoms with van der Waals surface area (Å²) < 4.78 is 10.8. The van der Waals surface area contributed by atoms with Crippen LogP contribution in [-0.2, 0) is 13.0 Å². The van der Waals surface area contributed by atoms with Crippen molar-refractivity contribution in [3.63, 3.8) is 0 Å². The molecule has 1 aromatic carbocycles. The number of aromatic nitrogens is 1. The van der Waals surface area contributed by atoms with Gasteiger partial charge in [-0.3, -0.25) is 0 Å². The molecule has 2 aromatic rings. The van der Waals surface area contributed by atoms with Crippen molar-refractivity contribution in [2.75, 3.05) is 6.61 Å². The summed E-state index contributed by atoms with van der Waals surface area (Å²) in [5.41, 5.74) is 8.45. The maximum Gasteiger partial charge on any atom is 0.226 e. The molecule has 0 atom stereocenters. The molecule has 0 unspecified atom stereocenters. The van der Waals surface area contributed by atoms with E-state index in [1.807, 2.05) is 12.1 Å². The molecule has 0 radical (unpaired) electrons. The van der Waals surface area contributed by atoms with E-state index in [0.717, 1.165) is 30.0 Å². The predicted molar refractivity (Wildman–Crippen MR) is 59.0 cm³/mol. The van der Waals surface area contributed by atoms with Crippen LogP contribution in [0.1, 0.15) is 11.3 Å². The van der Waals surface area contributed by atoms with Gasteiger partial charge in [0.05, 0.1) is 12.3 Å². The van der Waals surface area contributed by atoms with Gasteiger partial charge in [0, 0.05) is 18.5 Å². The van der Waals surface area contributed by atoms with Gasteiger partial charge in [-0.2, -0.15) is 0 Å². The quantitative estimate of drug-likeness (QED) is 0.830. The van der Waals surface area contributed by atoms with Crippen molar-refractivity contribution >= 4 is 0 Å². The number of nitrogens with zero attached hydrogens (tertiary/aromatic N) is 1. The summed E-state index contributed by atoms with van der Waals surface area (Å²) in [5, 5.41) is 0. The average molecular weight is 216 g/mol. The van der Waals surface area contributed by atoms with Crippen LogP contribution in [0.15, 0.2) is 28.9 Å². The molecule has 2 heterocycles. The van der Waals surface area contributed by atoms with Crippen LogP contribution in [0, 0.1) is 0 Å². The number of rotatable bonds is 2. The molecule has 3 rings (SSSR count). The van der Waals surface area contributed by atoms with Gasteiger partial charge in [0.2, 0.25) is 5.89 Å². The van der Waals surface area contributed by atoms with Crippen molar-refractivity contribution in [1.82, 2.24) is 4.98 Å². The molecule has 1 aromatic heterocycles. The number of hydrogen-bond acceptors (Lipinski definition) is 4. The molecular weight excluding hydrogens is 204 g/mol. The Bertz CT molecular complexity index is 519. The Labute approximate surface area is 93.0 Å². The third-order valence-corrected chi connectivity index (χ3v) is 2.70. The van der Waals surface area contributed by atoms with E-state index >= 15 is 0 Å². The summed E-state index contributed by atoms with van der Waals surface area (Å²) in [4.78, 5) is 4.29. The van der Waals surface area contributed by atoms with Crippen LogP contribution >= 0.6 is 0 Å². The van der Waals surface area contributed by atoms with Crippen molar-refractivity contribution in [2.24, 2.45) is 5.73 Å². The predicted octanol–water partition coefficient (Wildman–Crippen LogP) is 1.74. The molecule has 2 N–H and O–H groups in total. The lowest BCUT2D eigenvalue weighted by molar-refractivity contribution is 0.357. The summed E-state index contributed by atoms with van der Waals surface area (Å²) in [5.74, 6) is 1.59. The average Bonchev–Trinajstić information content (AvgIpc) is 2.96. The molecule has 0 amide bonds. The molecule has 0 aliphatic carbocycles. The highest BCUT2D eigenvalue weighted by molar-refractivity contribution is 5.58. The van der Waals surface area contributed by atoms with Crippen LogP contribution in [0.2, 0.25) is 0 Å². The first-order valence-corrected chi connectivity index (χ1v) is 5.27. The topological polar surface area (TPSA) is 61.3 Å². The number of fused-ring (bicyclic) bond motifs is 1. The number of ether oxygens (including phenoxy) is 1. The molecule has 1 aliphatic heterocycles. The van der Waals surface area contributed by atoms with Gasteiger partial charge in [0.25, 0.3) is 0 Å². The maximum atomic E-state index is 5.49. The first-order valence-electron chi connectivity index (χ1n) is 5.27. The Morgan fingerprint density at radius 1 is 1.38 bits per heavy atom. The Kier molecular flexibility index (Phi) is 2.15. The minimum absolute atomic E-state index is 0.400. The highest BCUT2D eigenvalue weighted by Crippen LogP contribution is 2.29. The summed E-state index contributed by atoms with van der Waals surface area (Å²) >= 11 is 0. The zero-order chi connectivity index (χ0) is 11.0. The lowest BCUT2D eigenvalue weighted by Gasteiger charge is -2.00. The van der Waals surface area contributed by atoms with Gasteiger partial charge in [-0.05, 0) is 23.8 Å². The molecule has 4 heteroatoms. The smallest absolute Gasteiger partial charge is 0.226 e.